The molecule has 0 radical (unpaired) electrons. The summed E-state index contributed by atoms with van der Waals surface area (Å²) in [7, 11) is 1.57. The Balaban J connectivity index is 3.22. The highest BCUT2D eigenvalue weighted by atomic mass is 16.5. The first-order valence-electron chi connectivity index (χ1n) is 5.87. The molecular formula is C14H20O3. The highest BCUT2D eigenvalue weighted by molar-refractivity contribution is 5.53. The molecule has 0 saturated heterocycles. The second kappa shape index (κ2) is 5.71. The van der Waals surface area contributed by atoms with Gasteiger partial charge in [-0.1, -0.05) is 26.3 Å². The predicted octanol–water partition coefficient (Wildman–Crippen LogP) is 3.32. The highest BCUT2D eigenvalue weighted by Gasteiger charge is 2.12. The molecule has 0 aliphatic heterocycles. The molecule has 3 heteroatoms. The molecule has 0 N–H and O–H groups in total. The first-order chi connectivity index (χ1) is 8.01. The second-order valence-electron chi connectivity index (χ2n) is 4.28. The molecule has 94 valence electrons. The molecule has 0 aromatic carbocycles. The monoisotopic (exact) mass is 236 g/mol. The Morgan fingerprint density at radius 2 is 2.00 bits per heavy atom. The van der Waals surface area contributed by atoms with E-state index in [1.807, 2.05) is 19.1 Å². The van der Waals surface area contributed by atoms with Crippen molar-refractivity contribution in [3.05, 3.63) is 33.4 Å². The van der Waals surface area contributed by atoms with Crippen LogP contribution in [0.4, 0.5) is 0 Å². The van der Waals surface area contributed by atoms with Gasteiger partial charge in [-0.3, -0.25) is 0 Å². The van der Waals surface area contributed by atoms with Gasteiger partial charge in [0.1, 0.15) is 11.5 Å². The van der Waals surface area contributed by atoms with Crippen LogP contribution in [0.2, 0.25) is 0 Å². The summed E-state index contributed by atoms with van der Waals surface area (Å²) < 4.78 is 10.5. The summed E-state index contributed by atoms with van der Waals surface area (Å²) in [4.78, 5) is 11.6. The van der Waals surface area contributed by atoms with Crippen molar-refractivity contribution >= 4 is 6.08 Å². The van der Waals surface area contributed by atoms with Crippen molar-refractivity contribution in [2.24, 2.45) is 5.92 Å². The summed E-state index contributed by atoms with van der Waals surface area (Å²) in [5, 5.41) is 0. The van der Waals surface area contributed by atoms with Crippen molar-refractivity contribution in [3.8, 4) is 5.75 Å². The first-order valence-corrected chi connectivity index (χ1v) is 5.87. The molecule has 0 spiro atoms. The average Bonchev–Trinajstić information content (AvgIpc) is 2.32. The van der Waals surface area contributed by atoms with E-state index >= 15 is 0 Å². The maximum Gasteiger partial charge on any atom is 0.342 e. The van der Waals surface area contributed by atoms with E-state index in [9.17, 15) is 4.79 Å². The molecule has 17 heavy (non-hydrogen) atoms. The zero-order valence-corrected chi connectivity index (χ0v) is 11.2. The molecule has 0 fully saturated rings. The molecular weight excluding hydrogens is 216 g/mol. The van der Waals surface area contributed by atoms with Gasteiger partial charge in [0.05, 0.1) is 12.7 Å². The van der Waals surface area contributed by atoms with E-state index in [0.29, 0.717) is 23.0 Å². The van der Waals surface area contributed by atoms with Gasteiger partial charge in [0.25, 0.3) is 0 Å². The van der Waals surface area contributed by atoms with E-state index in [1.54, 1.807) is 14.0 Å². The predicted molar refractivity (Wildman–Crippen MR) is 69.5 cm³/mol. The number of hydrogen-bond donors (Lipinski definition) is 0. The maximum atomic E-state index is 11.6. The van der Waals surface area contributed by atoms with Crippen LogP contribution in [-0.2, 0) is 0 Å². The van der Waals surface area contributed by atoms with E-state index in [4.69, 9.17) is 9.15 Å². The third-order valence-electron chi connectivity index (χ3n) is 2.98. The van der Waals surface area contributed by atoms with Crippen molar-refractivity contribution in [2.45, 2.75) is 34.1 Å². The van der Waals surface area contributed by atoms with Crippen LogP contribution in [0.25, 0.3) is 6.08 Å². The molecule has 0 aliphatic rings. The zero-order valence-electron chi connectivity index (χ0n) is 11.2. The summed E-state index contributed by atoms with van der Waals surface area (Å²) in [5.41, 5.74) is 1.05. The Morgan fingerprint density at radius 1 is 1.35 bits per heavy atom. The standard InChI is InChI=1S/C14H20O3/c1-6-9(2)7-8-12-10(3)13(16-5)11(4)14(15)17-12/h7-9H,6H2,1-5H3/b8-7+. The van der Waals surface area contributed by atoms with Gasteiger partial charge in [-0.15, -0.1) is 0 Å². The summed E-state index contributed by atoms with van der Waals surface area (Å²) in [5.74, 6) is 1.66. The Bertz CT molecular complexity index is 469. The Kier molecular flexibility index (Phi) is 4.55. The molecule has 0 saturated carbocycles. The SMILES string of the molecule is CCC(C)/C=C/c1oc(=O)c(C)c(OC)c1C. The lowest BCUT2D eigenvalue weighted by Gasteiger charge is -2.09. The topological polar surface area (TPSA) is 39.4 Å². The quantitative estimate of drug-likeness (QED) is 0.805. The number of hydrogen-bond acceptors (Lipinski definition) is 3. The highest BCUT2D eigenvalue weighted by Crippen LogP contribution is 2.24. The molecule has 0 amide bonds. The molecule has 1 aromatic rings. The van der Waals surface area contributed by atoms with Crippen molar-refractivity contribution in [2.75, 3.05) is 7.11 Å². The fourth-order valence-electron chi connectivity index (χ4n) is 1.59. The Morgan fingerprint density at radius 3 is 2.53 bits per heavy atom. The van der Waals surface area contributed by atoms with Gasteiger partial charge in [0.2, 0.25) is 0 Å². The van der Waals surface area contributed by atoms with Crippen molar-refractivity contribution in [1.29, 1.82) is 0 Å². The van der Waals surface area contributed by atoms with Crippen LogP contribution < -0.4 is 10.4 Å². The molecule has 1 heterocycles. The van der Waals surface area contributed by atoms with Crippen molar-refractivity contribution in [3.63, 3.8) is 0 Å². The van der Waals surface area contributed by atoms with Crippen LogP contribution in [0.5, 0.6) is 5.75 Å². The lowest BCUT2D eigenvalue weighted by molar-refractivity contribution is 0.390. The molecule has 1 aromatic heterocycles. The summed E-state index contributed by atoms with van der Waals surface area (Å²) in [6, 6.07) is 0. The van der Waals surface area contributed by atoms with Crippen LogP contribution >= 0.6 is 0 Å². The van der Waals surface area contributed by atoms with Crippen LogP contribution in [-0.4, -0.2) is 7.11 Å². The van der Waals surface area contributed by atoms with E-state index in [1.165, 1.54) is 0 Å². The fourth-order valence-corrected chi connectivity index (χ4v) is 1.59. The Labute approximate surface area is 102 Å². The van der Waals surface area contributed by atoms with Gasteiger partial charge in [-0.05, 0) is 25.8 Å². The minimum absolute atomic E-state index is 0.337. The van der Waals surface area contributed by atoms with Gasteiger partial charge >= 0.3 is 5.63 Å². The van der Waals surface area contributed by atoms with E-state index in [2.05, 4.69) is 13.8 Å². The summed E-state index contributed by atoms with van der Waals surface area (Å²) >= 11 is 0. The summed E-state index contributed by atoms with van der Waals surface area (Å²) in [6.07, 6.45) is 4.95. The number of ether oxygens (including phenoxy) is 1. The molecule has 1 rings (SSSR count). The van der Waals surface area contributed by atoms with E-state index in [0.717, 1.165) is 12.0 Å². The first kappa shape index (κ1) is 13.6. The Hall–Kier alpha value is -1.51. The third kappa shape index (κ3) is 2.99. The normalized spacial score (nSPS) is 13.0. The molecule has 1 atom stereocenters. The second-order valence-corrected chi connectivity index (χ2v) is 4.28. The van der Waals surface area contributed by atoms with Gasteiger partial charge in [-0.2, -0.15) is 0 Å². The van der Waals surface area contributed by atoms with Crippen LogP contribution in [0.1, 0.15) is 37.2 Å². The smallest absolute Gasteiger partial charge is 0.342 e. The van der Waals surface area contributed by atoms with Gasteiger partial charge in [0, 0.05) is 5.56 Å². The lowest BCUT2D eigenvalue weighted by Crippen LogP contribution is -2.08. The molecule has 3 nitrogen and oxygen atoms in total. The minimum Gasteiger partial charge on any atom is -0.496 e. The van der Waals surface area contributed by atoms with Gasteiger partial charge in [-0.25, -0.2) is 4.79 Å². The fraction of sp³-hybridized carbons (Fsp3) is 0.500. The van der Waals surface area contributed by atoms with Crippen molar-refractivity contribution in [1.82, 2.24) is 0 Å². The van der Waals surface area contributed by atoms with E-state index < -0.39 is 0 Å². The minimum atomic E-state index is -0.337. The average molecular weight is 236 g/mol. The van der Waals surface area contributed by atoms with E-state index in [-0.39, 0.29) is 5.63 Å². The van der Waals surface area contributed by atoms with Gasteiger partial charge in [0.15, 0.2) is 0 Å². The molecule has 0 bridgehead atoms. The number of methoxy groups -OCH3 is 1. The van der Waals surface area contributed by atoms with Crippen LogP contribution in [0.15, 0.2) is 15.3 Å². The van der Waals surface area contributed by atoms with Crippen molar-refractivity contribution < 1.29 is 9.15 Å². The van der Waals surface area contributed by atoms with Crippen LogP contribution in [0, 0.1) is 19.8 Å². The third-order valence-corrected chi connectivity index (χ3v) is 2.98. The zero-order chi connectivity index (χ0) is 13.0. The van der Waals surface area contributed by atoms with Crippen LogP contribution in [0.3, 0.4) is 0 Å². The lowest BCUT2D eigenvalue weighted by atomic mass is 10.1. The summed E-state index contributed by atoms with van der Waals surface area (Å²) in [6.45, 7) is 7.84. The number of rotatable bonds is 4. The maximum absolute atomic E-state index is 11.6. The number of allylic oxidation sites excluding steroid dienone is 1. The largest absolute Gasteiger partial charge is 0.496 e. The molecule has 0 aliphatic carbocycles. The van der Waals surface area contributed by atoms with Gasteiger partial charge < -0.3 is 9.15 Å². The molecule has 1 unspecified atom stereocenters.